The van der Waals surface area contributed by atoms with E-state index in [1.807, 2.05) is 12.1 Å². The topological polar surface area (TPSA) is 12.9 Å². The van der Waals surface area contributed by atoms with Crippen molar-refractivity contribution in [3.8, 4) is 11.3 Å². The number of halogens is 6. The quantitative estimate of drug-likeness (QED) is 0.269. The molecule has 1 heterocycles. The van der Waals surface area contributed by atoms with Crippen LogP contribution in [0.5, 0.6) is 0 Å². The Balaban J connectivity index is 2.85. The van der Waals surface area contributed by atoms with Crippen LogP contribution in [-0.2, 0) is 0 Å². The van der Waals surface area contributed by atoms with Crippen LogP contribution in [0.3, 0.4) is 0 Å². The minimum Gasteiger partial charge on any atom is -0.255 e. The average molecular weight is 453 g/mol. The summed E-state index contributed by atoms with van der Waals surface area (Å²) in [6.07, 6.45) is 1.64. The van der Waals surface area contributed by atoms with E-state index in [4.69, 9.17) is 58.0 Å². The molecule has 1 aromatic carbocycles. The molecule has 7 heteroatoms. The summed E-state index contributed by atoms with van der Waals surface area (Å²) in [4.78, 5) is 4.25. The van der Waals surface area contributed by atoms with E-state index in [1.54, 1.807) is 6.20 Å². The Kier molecular flexibility index (Phi) is 4.90. The molecule has 94 valence electrons. The predicted octanol–water partition coefficient (Wildman–Crippen LogP) is 6.62. The largest absolute Gasteiger partial charge is 0.255 e. The first-order chi connectivity index (χ1) is 8.45. The molecule has 2 aromatic rings. The van der Waals surface area contributed by atoms with E-state index in [0.29, 0.717) is 11.3 Å². The Morgan fingerprint density at radius 1 is 0.833 bits per heavy atom. The van der Waals surface area contributed by atoms with Crippen LogP contribution in [0, 0.1) is 3.57 Å². The summed E-state index contributed by atoms with van der Waals surface area (Å²) in [5.74, 6) is 0. The fraction of sp³-hybridized carbons (Fsp3) is 0. The lowest BCUT2D eigenvalue weighted by Crippen LogP contribution is -1.92. The molecule has 0 atom stereocenters. The highest BCUT2D eigenvalue weighted by Gasteiger charge is 2.22. The Labute approximate surface area is 142 Å². The van der Waals surface area contributed by atoms with Crippen LogP contribution < -0.4 is 0 Å². The zero-order valence-electron chi connectivity index (χ0n) is 8.45. The van der Waals surface area contributed by atoms with E-state index >= 15 is 0 Å². The maximum absolute atomic E-state index is 6.18. The molecule has 18 heavy (non-hydrogen) atoms. The van der Waals surface area contributed by atoms with Gasteiger partial charge in [-0.15, -0.1) is 0 Å². The van der Waals surface area contributed by atoms with Crippen molar-refractivity contribution in [2.24, 2.45) is 0 Å². The molecule has 0 aliphatic rings. The van der Waals surface area contributed by atoms with Gasteiger partial charge in [0.2, 0.25) is 0 Å². The minimum atomic E-state index is 0.142. The van der Waals surface area contributed by atoms with E-state index < -0.39 is 0 Å². The Morgan fingerprint density at radius 3 is 1.83 bits per heavy atom. The third kappa shape index (κ3) is 2.56. The lowest BCUT2D eigenvalue weighted by molar-refractivity contribution is 1.31. The van der Waals surface area contributed by atoms with Gasteiger partial charge in [-0.05, 0) is 34.7 Å². The highest BCUT2D eigenvalue weighted by atomic mass is 127. The van der Waals surface area contributed by atoms with Crippen molar-refractivity contribution in [3.05, 3.63) is 47.0 Å². The normalized spacial score (nSPS) is 10.8. The Hall–Kier alpha value is 0.550. The Bertz CT molecular complexity index is 600. The first kappa shape index (κ1) is 14.9. The van der Waals surface area contributed by atoms with Crippen LogP contribution in [0.15, 0.2) is 18.3 Å². The molecule has 0 amide bonds. The number of rotatable bonds is 1. The second kappa shape index (κ2) is 5.90. The summed E-state index contributed by atoms with van der Waals surface area (Å²) < 4.78 is 0.883. The average Bonchev–Trinajstić information content (AvgIpc) is 2.36. The number of pyridine rings is 1. The van der Waals surface area contributed by atoms with E-state index in [2.05, 4.69) is 27.6 Å². The third-order valence-corrected chi connectivity index (χ3v) is 5.35. The number of aromatic nitrogens is 1. The molecule has 0 saturated carbocycles. The van der Waals surface area contributed by atoms with E-state index in [1.165, 1.54) is 0 Å². The molecule has 2 rings (SSSR count). The maximum atomic E-state index is 6.18. The maximum Gasteiger partial charge on any atom is 0.0866 e. The fourth-order valence-corrected chi connectivity index (χ4v) is 3.32. The number of benzene rings is 1. The Morgan fingerprint density at radius 2 is 1.33 bits per heavy atom. The third-order valence-electron chi connectivity index (χ3n) is 2.21. The summed E-state index contributed by atoms with van der Waals surface area (Å²) in [7, 11) is 0. The van der Waals surface area contributed by atoms with Crippen LogP contribution in [0.4, 0.5) is 0 Å². The van der Waals surface area contributed by atoms with Gasteiger partial charge in [0.25, 0.3) is 0 Å². The molecule has 0 aliphatic heterocycles. The molecule has 0 N–H and O–H groups in total. The van der Waals surface area contributed by atoms with Crippen molar-refractivity contribution >= 4 is 80.6 Å². The van der Waals surface area contributed by atoms with Crippen molar-refractivity contribution in [3.63, 3.8) is 0 Å². The van der Waals surface area contributed by atoms with Crippen LogP contribution in [0.25, 0.3) is 11.3 Å². The molecule has 0 aliphatic carbocycles. The number of hydrogen-bond donors (Lipinski definition) is 0. The van der Waals surface area contributed by atoms with Crippen molar-refractivity contribution in [1.82, 2.24) is 4.98 Å². The van der Waals surface area contributed by atoms with Gasteiger partial charge in [0, 0.05) is 15.3 Å². The van der Waals surface area contributed by atoms with Gasteiger partial charge in [0.05, 0.1) is 30.8 Å². The SMILES string of the molecule is Clc1c(Cl)c(Cl)c(-c2ncccc2I)c(Cl)c1Cl. The van der Waals surface area contributed by atoms with Crippen LogP contribution >= 0.6 is 80.6 Å². The van der Waals surface area contributed by atoms with E-state index in [0.717, 1.165) is 3.57 Å². The minimum absolute atomic E-state index is 0.142. The summed E-state index contributed by atoms with van der Waals surface area (Å²) >= 11 is 32.5. The van der Waals surface area contributed by atoms with Gasteiger partial charge in [-0.3, -0.25) is 4.98 Å². The second-order valence-electron chi connectivity index (χ2n) is 3.28. The van der Waals surface area contributed by atoms with Crippen LogP contribution in [0.1, 0.15) is 0 Å². The molecule has 1 nitrogen and oxygen atoms in total. The van der Waals surface area contributed by atoms with Crippen LogP contribution in [-0.4, -0.2) is 4.98 Å². The summed E-state index contributed by atoms with van der Waals surface area (Å²) in [6, 6.07) is 3.69. The molecule has 1 aromatic heterocycles. The van der Waals surface area contributed by atoms with Gasteiger partial charge >= 0.3 is 0 Å². The van der Waals surface area contributed by atoms with Crippen molar-refractivity contribution in [2.75, 3.05) is 0 Å². The molecular weight excluding hydrogens is 450 g/mol. The fourth-order valence-electron chi connectivity index (χ4n) is 1.38. The monoisotopic (exact) mass is 451 g/mol. The van der Waals surface area contributed by atoms with Gasteiger partial charge in [0.15, 0.2) is 0 Å². The van der Waals surface area contributed by atoms with Crippen molar-refractivity contribution in [2.45, 2.75) is 0 Å². The molecular formula is C11H3Cl5IN. The van der Waals surface area contributed by atoms with Crippen LogP contribution in [0.2, 0.25) is 25.1 Å². The first-order valence-corrected chi connectivity index (χ1v) is 7.54. The molecule has 0 fully saturated rings. The molecule has 0 bridgehead atoms. The molecule has 0 unspecified atom stereocenters. The van der Waals surface area contributed by atoms with E-state index in [9.17, 15) is 0 Å². The van der Waals surface area contributed by atoms with Crippen molar-refractivity contribution < 1.29 is 0 Å². The van der Waals surface area contributed by atoms with Gasteiger partial charge in [-0.1, -0.05) is 58.0 Å². The predicted molar refractivity (Wildman–Crippen MR) is 87.4 cm³/mol. The van der Waals surface area contributed by atoms with Gasteiger partial charge in [-0.2, -0.15) is 0 Å². The molecule has 0 spiro atoms. The van der Waals surface area contributed by atoms with E-state index in [-0.39, 0.29) is 25.1 Å². The van der Waals surface area contributed by atoms with Gasteiger partial charge in [-0.25, -0.2) is 0 Å². The molecule has 0 radical (unpaired) electrons. The molecule has 0 saturated heterocycles. The van der Waals surface area contributed by atoms with Gasteiger partial charge < -0.3 is 0 Å². The van der Waals surface area contributed by atoms with Crippen molar-refractivity contribution in [1.29, 1.82) is 0 Å². The zero-order chi connectivity index (χ0) is 13.4. The van der Waals surface area contributed by atoms with Gasteiger partial charge in [0.1, 0.15) is 0 Å². The number of hydrogen-bond acceptors (Lipinski definition) is 1. The lowest BCUT2D eigenvalue weighted by Gasteiger charge is -2.12. The lowest BCUT2D eigenvalue weighted by atomic mass is 10.1. The highest BCUT2D eigenvalue weighted by molar-refractivity contribution is 14.1. The zero-order valence-corrected chi connectivity index (χ0v) is 14.4. The smallest absolute Gasteiger partial charge is 0.0866 e. The number of nitrogens with zero attached hydrogens (tertiary/aromatic N) is 1. The second-order valence-corrected chi connectivity index (χ2v) is 6.33. The summed E-state index contributed by atoms with van der Waals surface area (Å²) in [5, 5.41) is 0.969. The standard InChI is InChI=1S/C11H3Cl5IN/c12-6-5(11-4(17)2-1-3-18-11)7(13)9(15)10(16)8(6)14/h1-3H. The summed E-state index contributed by atoms with van der Waals surface area (Å²) in [6.45, 7) is 0. The first-order valence-electron chi connectivity index (χ1n) is 4.57. The summed E-state index contributed by atoms with van der Waals surface area (Å²) in [5.41, 5.74) is 1.11. The highest BCUT2D eigenvalue weighted by Crippen LogP contribution is 2.48.